The Morgan fingerprint density at radius 3 is 2.22 bits per heavy atom. The van der Waals surface area contributed by atoms with E-state index in [2.05, 4.69) is 0 Å². The molecule has 0 fully saturated rings. The van der Waals surface area contributed by atoms with Crippen LogP contribution >= 0.6 is 23.4 Å². The summed E-state index contributed by atoms with van der Waals surface area (Å²) in [6.45, 7) is 1.96. The van der Waals surface area contributed by atoms with Crippen molar-refractivity contribution in [2.45, 2.75) is 6.92 Å². The van der Waals surface area contributed by atoms with Gasteiger partial charge in [0.25, 0.3) is 11.8 Å². The second-order valence-electron chi connectivity index (χ2n) is 4.93. The van der Waals surface area contributed by atoms with Crippen LogP contribution < -0.4 is 4.90 Å². The van der Waals surface area contributed by atoms with Crippen molar-refractivity contribution < 1.29 is 9.59 Å². The molecule has 3 rings (SSSR count). The average Bonchev–Trinajstić information content (AvgIpc) is 2.80. The Hall–Kier alpha value is -2.04. The van der Waals surface area contributed by atoms with E-state index in [0.29, 0.717) is 32.5 Å². The van der Waals surface area contributed by atoms with Crippen molar-refractivity contribution in [3.63, 3.8) is 0 Å². The topological polar surface area (TPSA) is 37.4 Å². The minimum atomic E-state index is -0.292. The van der Waals surface area contributed by atoms with E-state index < -0.39 is 0 Å². The van der Waals surface area contributed by atoms with Crippen LogP contribution in [0.15, 0.2) is 59.5 Å². The summed E-state index contributed by atoms with van der Waals surface area (Å²) in [5, 5.41) is 0.593. The lowest BCUT2D eigenvalue weighted by Gasteiger charge is -2.14. The summed E-state index contributed by atoms with van der Waals surface area (Å²) in [5.41, 5.74) is 1.74. The predicted octanol–water partition coefficient (Wildman–Crippen LogP) is 4.38. The van der Waals surface area contributed by atoms with Gasteiger partial charge >= 0.3 is 0 Å². The summed E-state index contributed by atoms with van der Waals surface area (Å²) >= 11 is 7.31. The standard InChI is InChI=1S/C18H14ClNO2S/c1-2-23-16-15(12-8-10-13(19)11-9-12)17(21)20(18(16)22)14-6-4-3-5-7-14/h3-11H,2H2,1H3. The maximum Gasteiger partial charge on any atom is 0.272 e. The van der Waals surface area contributed by atoms with Crippen LogP contribution in [0.5, 0.6) is 0 Å². The second kappa shape index (κ2) is 6.60. The highest BCUT2D eigenvalue weighted by Crippen LogP contribution is 2.38. The summed E-state index contributed by atoms with van der Waals surface area (Å²) in [6.07, 6.45) is 0. The van der Waals surface area contributed by atoms with E-state index in [9.17, 15) is 9.59 Å². The van der Waals surface area contributed by atoms with Gasteiger partial charge in [-0.25, -0.2) is 4.90 Å². The molecule has 5 heteroatoms. The molecule has 0 bridgehead atoms. The third kappa shape index (κ3) is 2.92. The zero-order chi connectivity index (χ0) is 16.4. The number of hydrogen-bond donors (Lipinski definition) is 0. The van der Waals surface area contributed by atoms with Crippen LogP contribution in [0.4, 0.5) is 5.69 Å². The lowest BCUT2D eigenvalue weighted by Crippen LogP contribution is -2.31. The van der Waals surface area contributed by atoms with Gasteiger partial charge in [-0.05, 0) is 35.6 Å². The predicted molar refractivity (Wildman–Crippen MR) is 95.4 cm³/mol. The number of hydrogen-bond acceptors (Lipinski definition) is 3. The van der Waals surface area contributed by atoms with Gasteiger partial charge in [-0.3, -0.25) is 9.59 Å². The maximum absolute atomic E-state index is 12.9. The lowest BCUT2D eigenvalue weighted by molar-refractivity contribution is -0.119. The van der Waals surface area contributed by atoms with Crippen LogP contribution in [-0.2, 0) is 9.59 Å². The smallest absolute Gasteiger partial charge is 0.268 e. The zero-order valence-electron chi connectivity index (χ0n) is 12.5. The van der Waals surface area contributed by atoms with Gasteiger partial charge in [-0.2, -0.15) is 0 Å². The lowest BCUT2D eigenvalue weighted by atomic mass is 10.1. The van der Waals surface area contributed by atoms with Gasteiger partial charge in [0.05, 0.1) is 16.2 Å². The Morgan fingerprint density at radius 2 is 1.61 bits per heavy atom. The normalized spacial score (nSPS) is 14.8. The van der Waals surface area contributed by atoms with Crippen LogP contribution in [0.3, 0.4) is 0 Å². The van der Waals surface area contributed by atoms with Crippen molar-refractivity contribution in [3.8, 4) is 0 Å². The molecule has 0 radical (unpaired) electrons. The van der Waals surface area contributed by atoms with Gasteiger partial charge in [0.1, 0.15) is 0 Å². The van der Waals surface area contributed by atoms with Crippen LogP contribution in [0.25, 0.3) is 5.57 Å². The van der Waals surface area contributed by atoms with Gasteiger partial charge in [0.15, 0.2) is 0 Å². The number of amides is 2. The molecule has 1 aliphatic heterocycles. The molecule has 0 aromatic heterocycles. The highest BCUT2D eigenvalue weighted by atomic mass is 35.5. The second-order valence-corrected chi connectivity index (χ2v) is 6.64. The number of nitrogens with zero attached hydrogens (tertiary/aromatic N) is 1. The molecule has 2 amide bonds. The molecule has 3 nitrogen and oxygen atoms in total. The molecular formula is C18H14ClNO2S. The number of para-hydroxylation sites is 1. The quantitative estimate of drug-likeness (QED) is 0.773. The van der Waals surface area contributed by atoms with Crippen LogP contribution in [0.1, 0.15) is 12.5 Å². The van der Waals surface area contributed by atoms with Gasteiger partial charge in [-0.15, -0.1) is 11.8 Å². The number of anilines is 1. The van der Waals surface area contributed by atoms with Crippen molar-refractivity contribution in [1.82, 2.24) is 0 Å². The highest BCUT2D eigenvalue weighted by molar-refractivity contribution is 8.04. The van der Waals surface area contributed by atoms with Crippen molar-refractivity contribution >= 4 is 46.4 Å². The van der Waals surface area contributed by atoms with Gasteiger partial charge in [0, 0.05) is 5.02 Å². The summed E-state index contributed by atoms with van der Waals surface area (Å²) in [4.78, 5) is 27.4. The van der Waals surface area contributed by atoms with E-state index in [0.717, 1.165) is 0 Å². The van der Waals surface area contributed by atoms with Gasteiger partial charge < -0.3 is 0 Å². The number of carbonyl (C=O) groups excluding carboxylic acids is 2. The Labute approximate surface area is 143 Å². The summed E-state index contributed by atoms with van der Waals surface area (Å²) < 4.78 is 0. The van der Waals surface area contributed by atoms with Crippen LogP contribution in [0.2, 0.25) is 5.02 Å². The molecule has 0 saturated heterocycles. The first-order valence-electron chi connectivity index (χ1n) is 7.20. The summed E-state index contributed by atoms with van der Waals surface area (Å²) in [6, 6.07) is 16.0. The average molecular weight is 344 g/mol. The largest absolute Gasteiger partial charge is 0.272 e. The molecule has 0 aliphatic carbocycles. The molecule has 2 aromatic rings. The molecule has 2 aromatic carbocycles. The molecule has 0 spiro atoms. The van der Waals surface area contributed by atoms with Crippen LogP contribution in [0, 0.1) is 0 Å². The number of carbonyl (C=O) groups is 2. The first-order valence-corrected chi connectivity index (χ1v) is 8.56. The monoisotopic (exact) mass is 343 g/mol. The zero-order valence-corrected chi connectivity index (χ0v) is 14.0. The van der Waals surface area contributed by atoms with Gasteiger partial charge in [0.2, 0.25) is 0 Å². The minimum absolute atomic E-state index is 0.266. The van der Waals surface area contributed by atoms with E-state index in [4.69, 9.17) is 11.6 Å². The Kier molecular flexibility index (Phi) is 4.55. The first-order chi connectivity index (χ1) is 11.1. The van der Waals surface area contributed by atoms with Crippen molar-refractivity contribution in [1.29, 1.82) is 0 Å². The molecule has 1 aliphatic rings. The molecular weight excluding hydrogens is 330 g/mol. The fourth-order valence-electron chi connectivity index (χ4n) is 2.47. The number of rotatable bonds is 4. The number of imide groups is 1. The molecule has 0 atom stereocenters. The molecule has 0 saturated carbocycles. The van der Waals surface area contributed by atoms with E-state index in [1.165, 1.54) is 16.7 Å². The Morgan fingerprint density at radius 1 is 0.957 bits per heavy atom. The summed E-state index contributed by atoms with van der Waals surface area (Å²) in [7, 11) is 0. The molecule has 23 heavy (non-hydrogen) atoms. The minimum Gasteiger partial charge on any atom is -0.268 e. The first kappa shape index (κ1) is 15.8. The fraction of sp³-hybridized carbons (Fsp3) is 0.111. The third-order valence-electron chi connectivity index (χ3n) is 3.48. The Balaban J connectivity index is 2.09. The number of thioether (sulfide) groups is 1. The van der Waals surface area contributed by atoms with E-state index in [-0.39, 0.29) is 11.8 Å². The SMILES string of the molecule is CCSC1=C(c2ccc(Cl)cc2)C(=O)N(c2ccccc2)C1=O. The van der Waals surface area contributed by atoms with E-state index in [1.807, 2.05) is 25.1 Å². The maximum atomic E-state index is 12.9. The molecule has 0 unspecified atom stereocenters. The molecule has 1 heterocycles. The van der Waals surface area contributed by atoms with Crippen molar-refractivity contribution in [2.24, 2.45) is 0 Å². The van der Waals surface area contributed by atoms with Crippen molar-refractivity contribution in [3.05, 3.63) is 70.1 Å². The summed E-state index contributed by atoms with van der Waals surface area (Å²) in [5.74, 6) is 0.158. The molecule has 116 valence electrons. The van der Waals surface area contributed by atoms with Crippen LogP contribution in [-0.4, -0.2) is 17.6 Å². The van der Waals surface area contributed by atoms with Gasteiger partial charge in [-0.1, -0.05) is 48.9 Å². The molecule has 0 N–H and O–H groups in total. The fourth-order valence-corrected chi connectivity index (χ4v) is 3.45. The Bertz CT molecular complexity index is 784. The highest BCUT2D eigenvalue weighted by Gasteiger charge is 2.39. The van der Waals surface area contributed by atoms with E-state index in [1.54, 1.807) is 36.4 Å². The van der Waals surface area contributed by atoms with E-state index >= 15 is 0 Å². The third-order valence-corrected chi connectivity index (χ3v) is 4.69. The number of benzene rings is 2. The number of halogens is 1. The van der Waals surface area contributed by atoms with Crippen molar-refractivity contribution in [2.75, 3.05) is 10.7 Å².